The second-order valence-corrected chi connectivity index (χ2v) is 5.62. The number of fused-ring (bicyclic) bond motifs is 1. The van der Waals surface area contributed by atoms with Gasteiger partial charge in [-0.1, -0.05) is 0 Å². The fraction of sp³-hybridized carbons (Fsp3) is 0.235. The van der Waals surface area contributed by atoms with Crippen LogP contribution in [0.1, 0.15) is 10.4 Å². The number of H-pyrrole nitrogens is 1. The summed E-state index contributed by atoms with van der Waals surface area (Å²) in [5, 5.41) is 1.06. The molecule has 0 unspecified atom stereocenters. The van der Waals surface area contributed by atoms with Crippen molar-refractivity contribution < 1.29 is 4.79 Å². The van der Waals surface area contributed by atoms with E-state index in [1.165, 1.54) is 0 Å². The van der Waals surface area contributed by atoms with Crippen molar-refractivity contribution in [1.82, 2.24) is 19.9 Å². The lowest BCUT2D eigenvalue weighted by atomic mass is 10.1. The third-order valence-corrected chi connectivity index (χ3v) is 4.24. The molecule has 1 aliphatic heterocycles. The number of hydrogen-bond acceptors (Lipinski definition) is 4. The van der Waals surface area contributed by atoms with Gasteiger partial charge >= 0.3 is 0 Å². The molecule has 4 rings (SSSR count). The number of hydrogen-bond donors (Lipinski definition) is 1. The second kappa shape index (κ2) is 5.72. The van der Waals surface area contributed by atoms with Gasteiger partial charge in [-0.2, -0.15) is 0 Å². The summed E-state index contributed by atoms with van der Waals surface area (Å²) in [5.41, 5.74) is 1.79. The lowest BCUT2D eigenvalue weighted by Crippen LogP contribution is -2.49. The third-order valence-electron chi connectivity index (χ3n) is 4.24. The highest BCUT2D eigenvalue weighted by atomic mass is 16.2. The van der Waals surface area contributed by atoms with Gasteiger partial charge in [0.25, 0.3) is 5.91 Å². The van der Waals surface area contributed by atoms with Crippen molar-refractivity contribution in [2.24, 2.45) is 0 Å². The molecular weight excluding hydrogens is 290 g/mol. The molecule has 0 atom stereocenters. The summed E-state index contributed by atoms with van der Waals surface area (Å²) in [6.45, 7) is 2.94. The molecule has 116 valence electrons. The van der Waals surface area contributed by atoms with E-state index in [9.17, 15) is 4.79 Å². The lowest BCUT2D eigenvalue weighted by molar-refractivity contribution is 0.0746. The van der Waals surface area contributed by atoms with Crippen LogP contribution in [0.2, 0.25) is 0 Å². The number of anilines is 1. The maximum absolute atomic E-state index is 12.7. The van der Waals surface area contributed by atoms with Crippen LogP contribution in [-0.4, -0.2) is 51.9 Å². The van der Waals surface area contributed by atoms with Crippen LogP contribution in [-0.2, 0) is 0 Å². The fourth-order valence-electron chi connectivity index (χ4n) is 2.96. The monoisotopic (exact) mass is 307 g/mol. The first-order valence-electron chi connectivity index (χ1n) is 7.69. The van der Waals surface area contributed by atoms with Gasteiger partial charge in [-0.05, 0) is 24.3 Å². The largest absolute Gasteiger partial charge is 0.361 e. The Morgan fingerprint density at radius 3 is 2.74 bits per heavy atom. The fourth-order valence-corrected chi connectivity index (χ4v) is 2.96. The first-order chi connectivity index (χ1) is 11.3. The van der Waals surface area contributed by atoms with Crippen LogP contribution in [0.5, 0.6) is 0 Å². The predicted octanol–water partition coefficient (Wildman–Crippen LogP) is 1.92. The van der Waals surface area contributed by atoms with Crippen LogP contribution in [0.4, 0.5) is 5.82 Å². The summed E-state index contributed by atoms with van der Waals surface area (Å²) >= 11 is 0. The van der Waals surface area contributed by atoms with Gasteiger partial charge < -0.3 is 14.8 Å². The van der Waals surface area contributed by atoms with Crippen LogP contribution in [0.15, 0.2) is 49.1 Å². The number of rotatable bonds is 2. The van der Waals surface area contributed by atoms with Gasteiger partial charge in [0, 0.05) is 61.2 Å². The third kappa shape index (κ3) is 2.63. The number of piperazine rings is 1. The van der Waals surface area contributed by atoms with E-state index >= 15 is 0 Å². The Morgan fingerprint density at radius 2 is 1.96 bits per heavy atom. The minimum atomic E-state index is 0.0897. The smallest absolute Gasteiger partial charge is 0.253 e. The Bertz CT molecular complexity index is 821. The molecule has 23 heavy (non-hydrogen) atoms. The normalized spacial score (nSPS) is 15.1. The molecule has 1 amide bonds. The highest BCUT2D eigenvalue weighted by molar-refractivity contribution is 5.98. The zero-order valence-corrected chi connectivity index (χ0v) is 12.6. The average molecular weight is 307 g/mol. The first-order valence-corrected chi connectivity index (χ1v) is 7.69. The molecule has 3 aromatic rings. The topological polar surface area (TPSA) is 65.1 Å². The summed E-state index contributed by atoms with van der Waals surface area (Å²) in [6, 6.07) is 7.77. The van der Waals surface area contributed by atoms with Crippen LogP contribution in [0, 0.1) is 0 Å². The van der Waals surface area contributed by atoms with Crippen molar-refractivity contribution in [3.63, 3.8) is 0 Å². The van der Waals surface area contributed by atoms with E-state index in [1.54, 1.807) is 18.6 Å². The van der Waals surface area contributed by atoms with E-state index in [-0.39, 0.29) is 5.91 Å². The van der Waals surface area contributed by atoms with Crippen molar-refractivity contribution in [1.29, 1.82) is 0 Å². The molecule has 2 aromatic heterocycles. The highest BCUT2D eigenvalue weighted by Crippen LogP contribution is 2.17. The van der Waals surface area contributed by atoms with Gasteiger partial charge in [0.05, 0.1) is 6.20 Å². The van der Waals surface area contributed by atoms with Gasteiger partial charge in [-0.25, -0.2) is 4.98 Å². The van der Waals surface area contributed by atoms with Crippen molar-refractivity contribution >= 4 is 22.6 Å². The van der Waals surface area contributed by atoms with Crippen molar-refractivity contribution in [2.75, 3.05) is 31.1 Å². The number of benzene rings is 1. The molecule has 1 saturated heterocycles. The zero-order valence-electron chi connectivity index (χ0n) is 12.6. The number of carbonyl (C=O) groups excluding carboxylic acids is 1. The number of nitrogens with zero attached hydrogens (tertiary/aromatic N) is 4. The molecule has 0 aliphatic carbocycles. The molecule has 0 bridgehead atoms. The SMILES string of the molecule is O=C(c1ccc2[nH]ccc2c1)N1CCN(c2cnccn2)CC1. The van der Waals surface area contributed by atoms with E-state index < -0.39 is 0 Å². The molecule has 6 nitrogen and oxygen atoms in total. The standard InChI is InChI=1S/C17H17N5O/c23-17(14-1-2-15-13(11-14)3-4-19-15)22-9-7-21(8-10-22)16-12-18-5-6-20-16/h1-6,11-12,19H,7-10H2. The predicted molar refractivity (Wildman–Crippen MR) is 88.4 cm³/mol. The molecule has 0 spiro atoms. The minimum absolute atomic E-state index is 0.0897. The van der Waals surface area contributed by atoms with E-state index in [0.717, 1.165) is 35.4 Å². The van der Waals surface area contributed by atoms with Gasteiger partial charge in [0.2, 0.25) is 0 Å². The Labute approximate surface area is 133 Å². The highest BCUT2D eigenvalue weighted by Gasteiger charge is 2.23. The maximum atomic E-state index is 12.7. The summed E-state index contributed by atoms with van der Waals surface area (Å²) in [7, 11) is 0. The lowest BCUT2D eigenvalue weighted by Gasteiger charge is -2.35. The van der Waals surface area contributed by atoms with Gasteiger partial charge in [0.1, 0.15) is 5.82 Å². The minimum Gasteiger partial charge on any atom is -0.361 e. The summed E-state index contributed by atoms with van der Waals surface area (Å²) in [6.07, 6.45) is 7.01. The van der Waals surface area contributed by atoms with Crippen LogP contribution < -0.4 is 4.90 Å². The van der Waals surface area contributed by atoms with Crippen LogP contribution >= 0.6 is 0 Å². The number of nitrogens with one attached hydrogen (secondary N) is 1. The second-order valence-electron chi connectivity index (χ2n) is 5.62. The Morgan fingerprint density at radius 1 is 1.09 bits per heavy atom. The molecule has 0 radical (unpaired) electrons. The molecule has 1 aromatic carbocycles. The number of aromatic nitrogens is 3. The number of carbonyl (C=O) groups is 1. The average Bonchev–Trinajstić information content (AvgIpc) is 3.10. The molecule has 1 N–H and O–H groups in total. The van der Waals surface area contributed by atoms with Gasteiger partial charge in [-0.15, -0.1) is 0 Å². The first kappa shape index (κ1) is 13.8. The van der Waals surface area contributed by atoms with Crippen molar-refractivity contribution in [3.8, 4) is 0 Å². The Balaban J connectivity index is 1.46. The van der Waals surface area contributed by atoms with E-state index in [1.807, 2.05) is 35.4 Å². The summed E-state index contributed by atoms with van der Waals surface area (Å²) in [4.78, 5) is 28.3. The number of amides is 1. The van der Waals surface area contributed by atoms with Crippen molar-refractivity contribution in [2.45, 2.75) is 0 Å². The van der Waals surface area contributed by atoms with Crippen LogP contribution in [0.25, 0.3) is 10.9 Å². The molecule has 1 aliphatic rings. The zero-order chi connectivity index (χ0) is 15.6. The van der Waals surface area contributed by atoms with Crippen LogP contribution in [0.3, 0.4) is 0 Å². The quantitative estimate of drug-likeness (QED) is 0.785. The van der Waals surface area contributed by atoms with Gasteiger partial charge in [0.15, 0.2) is 0 Å². The summed E-state index contributed by atoms with van der Waals surface area (Å²) in [5.74, 6) is 0.959. The maximum Gasteiger partial charge on any atom is 0.253 e. The molecular formula is C17H17N5O. The molecule has 6 heteroatoms. The number of aromatic amines is 1. The van der Waals surface area contributed by atoms with E-state index in [2.05, 4.69) is 19.9 Å². The molecule has 1 fully saturated rings. The molecule has 3 heterocycles. The Hall–Kier alpha value is -2.89. The molecule has 0 saturated carbocycles. The van der Waals surface area contributed by atoms with Crippen molar-refractivity contribution in [3.05, 3.63) is 54.6 Å². The van der Waals surface area contributed by atoms with E-state index in [4.69, 9.17) is 0 Å². The van der Waals surface area contributed by atoms with E-state index in [0.29, 0.717) is 13.1 Å². The van der Waals surface area contributed by atoms with Gasteiger partial charge in [-0.3, -0.25) is 9.78 Å². The Kier molecular flexibility index (Phi) is 3.42. The summed E-state index contributed by atoms with van der Waals surface area (Å²) < 4.78 is 0.